The highest BCUT2D eigenvalue weighted by molar-refractivity contribution is 6.10. The highest BCUT2D eigenvalue weighted by atomic mass is 19.3. The van der Waals surface area contributed by atoms with Crippen molar-refractivity contribution in [3.63, 3.8) is 0 Å². The second kappa shape index (κ2) is 6.66. The van der Waals surface area contributed by atoms with Gasteiger partial charge in [0.05, 0.1) is 17.8 Å². The Bertz CT molecular complexity index is 763. The van der Waals surface area contributed by atoms with Gasteiger partial charge < -0.3 is 15.0 Å². The van der Waals surface area contributed by atoms with E-state index in [0.29, 0.717) is 16.9 Å². The number of rotatable bonds is 4. The minimum Gasteiger partial charge on any atom is -0.435 e. The molecule has 1 aliphatic rings. The molecule has 1 N–H and O–H groups in total. The number of para-hydroxylation sites is 2. The SMILES string of the molecule is O=C1CN(C(=O)Cc2ccc(OC(F)F)cc2)c2ccccc2N1. The van der Waals surface area contributed by atoms with Crippen molar-refractivity contribution in [3.8, 4) is 5.75 Å². The van der Waals surface area contributed by atoms with Gasteiger partial charge in [-0.15, -0.1) is 0 Å². The number of ether oxygens (including phenoxy) is 1. The Morgan fingerprint density at radius 2 is 1.88 bits per heavy atom. The molecule has 0 saturated carbocycles. The number of fused-ring (bicyclic) bond motifs is 1. The van der Waals surface area contributed by atoms with Crippen LogP contribution >= 0.6 is 0 Å². The quantitative estimate of drug-likeness (QED) is 0.937. The first-order chi connectivity index (χ1) is 11.5. The van der Waals surface area contributed by atoms with Crippen LogP contribution in [-0.2, 0) is 16.0 Å². The van der Waals surface area contributed by atoms with E-state index in [2.05, 4.69) is 10.1 Å². The van der Waals surface area contributed by atoms with E-state index in [0.717, 1.165) is 0 Å². The number of carbonyl (C=O) groups excluding carboxylic acids is 2. The molecule has 2 amide bonds. The van der Waals surface area contributed by atoms with Gasteiger partial charge in [0.25, 0.3) is 0 Å². The van der Waals surface area contributed by atoms with E-state index in [9.17, 15) is 18.4 Å². The van der Waals surface area contributed by atoms with Gasteiger partial charge in [0.2, 0.25) is 11.8 Å². The van der Waals surface area contributed by atoms with E-state index in [1.807, 2.05) is 0 Å². The summed E-state index contributed by atoms with van der Waals surface area (Å²) in [5.74, 6) is -0.480. The average molecular weight is 332 g/mol. The lowest BCUT2D eigenvalue weighted by atomic mass is 10.1. The fraction of sp³-hybridized carbons (Fsp3) is 0.176. The van der Waals surface area contributed by atoms with Gasteiger partial charge in [0.15, 0.2) is 0 Å². The largest absolute Gasteiger partial charge is 0.435 e. The molecular weight excluding hydrogens is 318 g/mol. The summed E-state index contributed by atoms with van der Waals surface area (Å²) in [6, 6.07) is 12.9. The number of carbonyl (C=O) groups is 2. The first-order valence-electron chi connectivity index (χ1n) is 7.26. The molecule has 1 heterocycles. The number of halogens is 2. The van der Waals surface area contributed by atoms with E-state index in [1.165, 1.54) is 17.0 Å². The third-order valence-electron chi connectivity index (χ3n) is 3.58. The molecule has 5 nitrogen and oxygen atoms in total. The predicted octanol–water partition coefficient (Wildman–Crippen LogP) is 2.82. The zero-order valence-electron chi connectivity index (χ0n) is 12.5. The molecule has 2 aromatic carbocycles. The summed E-state index contributed by atoms with van der Waals surface area (Å²) < 4.78 is 28.5. The maximum atomic E-state index is 12.5. The average Bonchev–Trinajstić information content (AvgIpc) is 2.55. The summed E-state index contributed by atoms with van der Waals surface area (Å²) in [5, 5.41) is 2.71. The van der Waals surface area contributed by atoms with Crippen molar-refractivity contribution in [2.45, 2.75) is 13.0 Å². The maximum Gasteiger partial charge on any atom is 0.387 e. The van der Waals surface area contributed by atoms with Crippen molar-refractivity contribution in [1.29, 1.82) is 0 Å². The molecule has 0 bridgehead atoms. The summed E-state index contributed by atoms with van der Waals surface area (Å²) in [5.41, 5.74) is 1.87. The molecule has 1 aliphatic heterocycles. The van der Waals surface area contributed by atoms with E-state index >= 15 is 0 Å². The lowest BCUT2D eigenvalue weighted by molar-refractivity contribution is -0.121. The van der Waals surface area contributed by atoms with Gasteiger partial charge in [-0.05, 0) is 29.8 Å². The molecule has 24 heavy (non-hydrogen) atoms. The molecule has 0 fully saturated rings. The molecule has 0 aliphatic carbocycles. The Kier molecular flexibility index (Phi) is 4.41. The van der Waals surface area contributed by atoms with Crippen LogP contribution in [0.15, 0.2) is 48.5 Å². The van der Waals surface area contributed by atoms with Gasteiger partial charge in [0.1, 0.15) is 12.3 Å². The van der Waals surface area contributed by atoms with E-state index in [1.54, 1.807) is 36.4 Å². The van der Waals surface area contributed by atoms with Gasteiger partial charge in [0, 0.05) is 0 Å². The van der Waals surface area contributed by atoms with Crippen LogP contribution in [0.3, 0.4) is 0 Å². The van der Waals surface area contributed by atoms with Crippen molar-refractivity contribution in [1.82, 2.24) is 0 Å². The van der Waals surface area contributed by atoms with E-state index in [-0.39, 0.29) is 30.5 Å². The summed E-state index contributed by atoms with van der Waals surface area (Å²) in [6.07, 6.45) is 0.0522. The van der Waals surface area contributed by atoms with Gasteiger partial charge in [-0.25, -0.2) is 0 Å². The minimum absolute atomic E-state index is 0.0314. The Balaban J connectivity index is 1.74. The molecule has 0 aromatic heterocycles. The molecule has 0 radical (unpaired) electrons. The fourth-order valence-electron chi connectivity index (χ4n) is 2.51. The standard InChI is InChI=1S/C17H14F2N2O3/c18-17(19)24-12-7-5-11(6-8-12)9-16(23)21-10-15(22)20-13-3-1-2-4-14(13)21/h1-8,17H,9-10H2,(H,20,22). The Labute approximate surface area is 136 Å². The number of nitrogens with one attached hydrogen (secondary N) is 1. The summed E-state index contributed by atoms with van der Waals surface area (Å²) in [7, 11) is 0. The van der Waals surface area contributed by atoms with Crippen molar-refractivity contribution in [2.24, 2.45) is 0 Å². The lowest BCUT2D eigenvalue weighted by Gasteiger charge is -2.29. The van der Waals surface area contributed by atoms with Gasteiger partial charge in [-0.1, -0.05) is 24.3 Å². The Morgan fingerprint density at radius 3 is 2.58 bits per heavy atom. The number of hydrogen-bond acceptors (Lipinski definition) is 3. The Hall–Kier alpha value is -2.96. The van der Waals surface area contributed by atoms with Gasteiger partial charge in [-0.3, -0.25) is 9.59 Å². The van der Waals surface area contributed by atoms with Crippen LogP contribution in [-0.4, -0.2) is 25.0 Å². The molecule has 0 unspecified atom stereocenters. The monoisotopic (exact) mass is 332 g/mol. The number of hydrogen-bond donors (Lipinski definition) is 1. The molecule has 2 aromatic rings. The van der Waals surface area contributed by atoms with Crippen molar-refractivity contribution >= 4 is 23.2 Å². The minimum atomic E-state index is -2.89. The third-order valence-corrected chi connectivity index (χ3v) is 3.58. The third kappa shape index (κ3) is 3.51. The smallest absolute Gasteiger partial charge is 0.387 e. The second-order valence-corrected chi connectivity index (χ2v) is 5.24. The molecule has 7 heteroatoms. The first-order valence-corrected chi connectivity index (χ1v) is 7.26. The molecule has 0 spiro atoms. The second-order valence-electron chi connectivity index (χ2n) is 5.24. The highest BCUT2D eigenvalue weighted by Gasteiger charge is 2.26. The van der Waals surface area contributed by atoms with Crippen LogP contribution in [0.1, 0.15) is 5.56 Å². The van der Waals surface area contributed by atoms with Crippen molar-refractivity contribution in [3.05, 3.63) is 54.1 Å². The number of anilines is 2. The van der Waals surface area contributed by atoms with Crippen LogP contribution in [0.25, 0.3) is 0 Å². The zero-order valence-corrected chi connectivity index (χ0v) is 12.5. The normalized spacial score (nSPS) is 13.5. The van der Waals surface area contributed by atoms with Crippen LogP contribution in [0.5, 0.6) is 5.75 Å². The first kappa shape index (κ1) is 15.9. The summed E-state index contributed by atoms with van der Waals surface area (Å²) >= 11 is 0. The summed E-state index contributed by atoms with van der Waals surface area (Å²) in [6.45, 7) is -2.94. The number of alkyl halides is 2. The molecule has 0 saturated heterocycles. The zero-order chi connectivity index (χ0) is 17.1. The topological polar surface area (TPSA) is 58.6 Å². The number of nitrogens with zero attached hydrogens (tertiary/aromatic N) is 1. The van der Waals surface area contributed by atoms with E-state index < -0.39 is 6.61 Å². The molecule has 0 atom stereocenters. The van der Waals surface area contributed by atoms with Gasteiger partial charge >= 0.3 is 6.61 Å². The van der Waals surface area contributed by atoms with Crippen LogP contribution in [0.2, 0.25) is 0 Å². The predicted molar refractivity (Wildman–Crippen MR) is 84.2 cm³/mol. The molecular formula is C17H14F2N2O3. The van der Waals surface area contributed by atoms with E-state index in [4.69, 9.17) is 0 Å². The van der Waals surface area contributed by atoms with Crippen LogP contribution < -0.4 is 15.0 Å². The van der Waals surface area contributed by atoms with Crippen molar-refractivity contribution in [2.75, 3.05) is 16.8 Å². The maximum absolute atomic E-state index is 12.5. The fourth-order valence-corrected chi connectivity index (χ4v) is 2.51. The van der Waals surface area contributed by atoms with Gasteiger partial charge in [-0.2, -0.15) is 8.78 Å². The van der Waals surface area contributed by atoms with Crippen LogP contribution in [0, 0.1) is 0 Å². The highest BCUT2D eigenvalue weighted by Crippen LogP contribution is 2.29. The summed E-state index contributed by atoms with van der Waals surface area (Å²) in [4.78, 5) is 25.7. The molecule has 3 rings (SSSR count). The number of amides is 2. The van der Waals surface area contributed by atoms with Crippen LogP contribution in [0.4, 0.5) is 20.2 Å². The number of benzene rings is 2. The van der Waals surface area contributed by atoms with Crippen molar-refractivity contribution < 1.29 is 23.1 Å². The molecule has 124 valence electrons. The Morgan fingerprint density at radius 1 is 1.17 bits per heavy atom. The lowest BCUT2D eigenvalue weighted by Crippen LogP contribution is -2.42.